The van der Waals surface area contributed by atoms with Gasteiger partial charge in [0.25, 0.3) is 5.69 Å². The van der Waals surface area contributed by atoms with Crippen molar-refractivity contribution in [2.45, 2.75) is 6.92 Å². The molecule has 22 heavy (non-hydrogen) atoms. The highest BCUT2D eigenvalue weighted by Gasteiger charge is 2.13. The molecular weight excluding hydrogens is 304 g/mol. The van der Waals surface area contributed by atoms with Gasteiger partial charge in [-0.1, -0.05) is 41.4 Å². The standard InChI is InChI=1S/C16H13ClN2O3/c1-11-2-4-12(5-3-11)6-9-16(20)18-13-7-8-14(17)15(10-13)19(21)22/h2-10H,1H3,(H,18,20). The third-order valence-corrected chi connectivity index (χ3v) is 3.23. The normalized spacial score (nSPS) is 10.6. The number of hydrogen-bond donors (Lipinski definition) is 1. The van der Waals surface area contributed by atoms with Crippen molar-refractivity contribution in [3.05, 3.63) is 74.8 Å². The Morgan fingerprint density at radius 2 is 1.91 bits per heavy atom. The largest absolute Gasteiger partial charge is 0.322 e. The summed E-state index contributed by atoms with van der Waals surface area (Å²) in [4.78, 5) is 22.0. The van der Waals surface area contributed by atoms with Crippen LogP contribution in [-0.4, -0.2) is 10.8 Å². The Hall–Kier alpha value is -2.66. The molecule has 0 saturated heterocycles. The molecule has 2 aromatic carbocycles. The van der Waals surface area contributed by atoms with Crippen molar-refractivity contribution in [1.29, 1.82) is 0 Å². The summed E-state index contributed by atoms with van der Waals surface area (Å²) in [7, 11) is 0. The van der Waals surface area contributed by atoms with Gasteiger partial charge in [0.05, 0.1) is 4.92 Å². The van der Waals surface area contributed by atoms with E-state index in [1.165, 1.54) is 24.3 Å². The highest BCUT2D eigenvalue weighted by atomic mass is 35.5. The van der Waals surface area contributed by atoms with E-state index in [0.717, 1.165) is 11.1 Å². The lowest BCUT2D eigenvalue weighted by molar-refractivity contribution is -0.384. The molecular formula is C16H13ClN2O3. The Morgan fingerprint density at radius 3 is 2.55 bits per heavy atom. The van der Waals surface area contributed by atoms with Crippen LogP contribution < -0.4 is 5.32 Å². The minimum absolute atomic E-state index is 0.0261. The Morgan fingerprint density at radius 1 is 1.23 bits per heavy atom. The summed E-state index contributed by atoms with van der Waals surface area (Å²) < 4.78 is 0. The highest BCUT2D eigenvalue weighted by molar-refractivity contribution is 6.32. The van der Waals surface area contributed by atoms with E-state index in [-0.39, 0.29) is 16.6 Å². The maximum Gasteiger partial charge on any atom is 0.289 e. The van der Waals surface area contributed by atoms with Crippen LogP contribution in [0.2, 0.25) is 5.02 Å². The molecule has 1 N–H and O–H groups in total. The van der Waals surface area contributed by atoms with Crippen LogP contribution in [0.4, 0.5) is 11.4 Å². The molecule has 0 radical (unpaired) electrons. The third-order valence-electron chi connectivity index (χ3n) is 2.91. The van der Waals surface area contributed by atoms with Gasteiger partial charge in [-0.25, -0.2) is 0 Å². The molecule has 0 aromatic heterocycles. The summed E-state index contributed by atoms with van der Waals surface area (Å²) in [6.07, 6.45) is 3.03. The SMILES string of the molecule is Cc1ccc(C=CC(=O)Nc2ccc(Cl)c([N+](=O)[O-])c2)cc1. The van der Waals surface area contributed by atoms with Crippen molar-refractivity contribution >= 4 is 35.0 Å². The Balaban J connectivity index is 2.07. The molecule has 0 fully saturated rings. The lowest BCUT2D eigenvalue weighted by atomic mass is 10.1. The number of hydrogen-bond acceptors (Lipinski definition) is 3. The van der Waals surface area contributed by atoms with E-state index in [1.807, 2.05) is 31.2 Å². The van der Waals surface area contributed by atoms with Crippen LogP contribution >= 0.6 is 11.6 Å². The average Bonchev–Trinajstić information content (AvgIpc) is 2.48. The zero-order chi connectivity index (χ0) is 16.1. The molecule has 2 rings (SSSR count). The van der Waals surface area contributed by atoms with Gasteiger partial charge in [0.15, 0.2) is 0 Å². The minimum atomic E-state index is -0.597. The zero-order valence-corrected chi connectivity index (χ0v) is 12.5. The van der Waals surface area contributed by atoms with E-state index in [1.54, 1.807) is 6.08 Å². The van der Waals surface area contributed by atoms with Crippen molar-refractivity contribution < 1.29 is 9.72 Å². The summed E-state index contributed by atoms with van der Waals surface area (Å²) in [6, 6.07) is 11.8. The predicted octanol–water partition coefficient (Wildman–Crippen LogP) is 4.21. The van der Waals surface area contributed by atoms with Gasteiger partial charge in [-0.2, -0.15) is 0 Å². The molecule has 0 bridgehead atoms. The van der Waals surface area contributed by atoms with Crippen LogP contribution in [0.15, 0.2) is 48.5 Å². The van der Waals surface area contributed by atoms with Gasteiger partial charge in [0, 0.05) is 17.8 Å². The number of carbonyl (C=O) groups excluding carboxylic acids is 1. The summed E-state index contributed by atoms with van der Waals surface area (Å²) in [5.41, 5.74) is 2.09. The van der Waals surface area contributed by atoms with E-state index in [2.05, 4.69) is 5.32 Å². The fourth-order valence-electron chi connectivity index (χ4n) is 1.76. The fraction of sp³-hybridized carbons (Fsp3) is 0.0625. The van der Waals surface area contributed by atoms with Crippen LogP contribution in [-0.2, 0) is 4.79 Å². The predicted molar refractivity (Wildman–Crippen MR) is 86.9 cm³/mol. The van der Waals surface area contributed by atoms with Gasteiger partial charge >= 0.3 is 0 Å². The first-order valence-electron chi connectivity index (χ1n) is 6.45. The summed E-state index contributed by atoms with van der Waals surface area (Å²) in [5, 5.41) is 13.4. The summed E-state index contributed by atoms with van der Waals surface area (Å²) in [6.45, 7) is 1.98. The van der Waals surface area contributed by atoms with Gasteiger partial charge in [0.2, 0.25) is 5.91 Å². The van der Waals surface area contributed by atoms with Crippen molar-refractivity contribution in [3.8, 4) is 0 Å². The highest BCUT2D eigenvalue weighted by Crippen LogP contribution is 2.27. The molecule has 0 saturated carbocycles. The van der Waals surface area contributed by atoms with Crippen LogP contribution in [0.3, 0.4) is 0 Å². The first kappa shape index (κ1) is 15.7. The number of amides is 1. The van der Waals surface area contributed by atoms with Crippen molar-refractivity contribution in [3.63, 3.8) is 0 Å². The molecule has 5 nitrogen and oxygen atoms in total. The molecule has 0 atom stereocenters. The van der Waals surface area contributed by atoms with Crippen molar-refractivity contribution in [2.24, 2.45) is 0 Å². The topological polar surface area (TPSA) is 72.2 Å². The number of halogens is 1. The first-order chi connectivity index (χ1) is 10.5. The molecule has 0 unspecified atom stereocenters. The second kappa shape index (κ2) is 6.87. The summed E-state index contributed by atoms with van der Waals surface area (Å²) in [5.74, 6) is -0.378. The molecule has 112 valence electrons. The lowest BCUT2D eigenvalue weighted by Crippen LogP contribution is -2.08. The minimum Gasteiger partial charge on any atom is -0.322 e. The van der Waals surface area contributed by atoms with Crippen molar-refractivity contribution in [1.82, 2.24) is 0 Å². The fourth-order valence-corrected chi connectivity index (χ4v) is 1.95. The second-order valence-electron chi connectivity index (χ2n) is 4.66. The van der Waals surface area contributed by atoms with Crippen LogP contribution in [0.1, 0.15) is 11.1 Å². The maximum absolute atomic E-state index is 11.8. The maximum atomic E-state index is 11.8. The van der Waals surface area contributed by atoms with E-state index in [0.29, 0.717) is 5.69 Å². The van der Waals surface area contributed by atoms with Gasteiger partial charge in [0.1, 0.15) is 5.02 Å². The molecule has 0 spiro atoms. The molecule has 0 aliphatic heterocycles. The zero-order valence-electron chi connectivity index (χ0n) is 11.7. The number of rotatable bonds is 4. The lowest BCUT2D eigenvalue weighted by Gasteiger charge is -2.03. The van der Waals surface area contributed by atoms with E-state index in [4.69, 9.17) is 11.6 Å². The van der Waals surface area contributed by atoms with Gasteiger partial charge in [-0.05, 0) is 30.7 Å². The monoisotopic (exact) mass is 316 g/mol. The van der Waals surface area contributed by atoms with Gasteiger partial charge in [-0.15, -0.1) is 0 Å². The molecule has 0 heterocycles. The van der Waals surface area contributed by atoms with Crippen LogP contribution in [0.5, 0.6) is 0 Å². The molecule has 1 amide bonds. The van der Waals surface area contributed by atoms with Gasteiger partial charge < -0.3 is 5.32 Å². The smallest absolute Gasteiger partial charge is 0.289 e. The van der Waals surface area contributed by atoms with Gasteiger partial charge in [-0.3, -0.25) is 14.9 Å². The number of aryl methyl sites for hydroxylation is 1. The van der Waals surface area contributed by atoms with E-state index in [9.17, 15) is 14.9 Å². The Labute approximate surface area is 132 Å². The average molecular weight is 317 g/mol. The molecule has 6 heteroatoms. The number of benzene rings is 2. The second-order valence-corrected chi connectivity index (χ2v) is 5.06. The Bertz CT molecular complexity index is 740. The molecule has 2 aromatic rings. The van der Waals surface area contributed by atoms with Crippen LogP contribution in [0.25, 0.3) is 6.08 Å². The Kier molecular flexibility index (Phi) is 4.91. The van der Waals surface area contributed by atoms with E-state index < -0.39 is 4.92 Å². The number of nitrogens with zero attached hydrogens (tertiary/aromatic N) is 1. The summed E-state index contributed by atoms with van der Waals surface area (Å²) >= 11 is 5.71. The van der Waals surface area contributed by atoms with Crippen LogP contribution in [0, 0.1) is 17.0 Å². The number of anilines is 1. The van der Waals surface area contributed by atoms with E-state index >= 15 is 0 Å². The first-order valence-corrected chi connectivity index (χ1v) is 6.83. The number of nitrogens with one attached hydrogen (secondary N) is 1. The quantitative estimate of drug-likeness (QED) is 0.521. The number of nitro groups is 1. The molecule has 0 aliphatic rings. The molecule has 0 aliphatic carbocycles. The number of carbonyl (C=O) groups is 1. The number of nitro benzene ring substituents is 1. The third kappa shape index (κ3) is 4.17. The van der Waals surface area contributed by atoms with Crippen molar-refractivity contribution in [2.75, 3.05) is 5.32 Å².